The Labute approximate surface area is 112 Å². The van der Waals surface area contributed by atoms with Crippen LogP contribution < -0.4 is 4.90 Å². The largest absolute Gasteiger partial charge is 0.411 e. The van der Waals surface area contributed by atoms with Crippen LogP contribution in [0.4, 0.5) is 5.69 Å². The first-order valence-electron chi connectivity index (χ1n) is 6.36. The first-order valence-corrected chi connectivity index (χ1v) is 6.36. The van der Waals surface area contributed by atoms with Gasteiger partial charge in [0, 0.05) is 18.5 Å². The van der Waals surface area contributed by atoms with Crippen molar-refractivity contribution in [2.45, 2.75) is 32.3 Å². The molecule has 1 aliphatic heterocycles. The van der Waals surface area contributed by atoms with E-state index < -0.39 is 5.60 Å². The first-order chi connectivity index (χ1) is 9.04. The number of para-hydroxylation sites is 1. The molecule has 1 aromatic carbocycles. The molecule has 0 unspecified atom stereocenters. The first kappa shape index (κ1) is 13.5. The van der Waals surface area contributed by atoms with E-state index in [4.69, 9.17) is 5.21 Å². The molecule has 0 aromatic heterocycles. The van der Waals surface area contributed by atoms with Crippen LogP contribution in [0.1, 0.15) is 32.3 Å². The quantitative estimate of drug-likeness (QED) is 0.494. The highest BCUT2D eigenvalue weighted by molar-refractivity contribution is 6.09. The van der Waals surface area contributed by atoms with Crippen molar-refractivity contribution >= 4 is 17.3 Å². The van der Waals surface area contributed by atoms with Gasteiger partial charge in [0.15, 0.2) is 5.60 Å². The molecule has 5 nitrogen and oxygen atoms in total. The highest BCUT2D eigenvalue weighted by Crippen LogP contribution is 2.42. The maximum atomic E-state index is 12.5. The van der Waals surface area contributed by atoms with Crippen LogP contribution in [-0.2, 0) is 10.4 Å². The lowest BCUT2D eigenvalue weighted by Crippen LogP contribution is -2.41. The van der Waals surface area contributed by atoms with E-state index in [1.807, 2.05) is 19.1 Å². The minimum absolute atomic E-state index is 0.000436. The molecule has 0 bridgehead atoms. The second-order valence-corrected chi connectivity index (χ2v) is 4.85. The summed E-state index contributed by atoms with van der Waals surface area (Å²) in [4.78, 5) is 14.1. The number of benzene rings is 1. The number of hydrogen-bond donors (Lipinski definition) is 2. The number of carbonyl (C=O) groups excluding carboxylic acids is 1. The number of rotatable bonds is 4. The summed E-state index contributed by atoms with van der Waals surface area (Å²) in [6, 6.07) is 7.20. The third-order valence-corrected chi connectivity index (χ3v) is 3.37. The van der Waals surface area contributed by atoms with E-state index in [-0.39, 0.29) is 12.3 Å². The van der Waals surface area contributed by atoms with E-state index in [1.54, 1.807) is 24.0 Å². The summed E-state index contributed by atoms with van der Waals surface area (Å²) in [6.07, 6.45) is 0.808. The molecule has 0 aliphatic carbocycles. The van der Waals surface area contributed by atoms with E-state index in [1.165, 1.54) is 0 Å². The molecule has 102 valence electrons. The van der Waals surface area contributed by atoms with Crippen molar-refractivity contribution in [1.29, 1.82) is 0 Å². The van der Waals surface area contributed by atoms with Gasteiger partial charge in [0.25, 0.3) is 5.91 Å². The Hall–Kier alpha value is -1.88. The number of nitrogens with zero attached hydrogens (tertiary/aromatic N) is 2. The summed E-state index contributed by atoms with van der Waals surface area (Å²) in [5.41, 5.74) is 0.0188. The van der Waals surface area contributed by atoms with Crippen molar-refractivity contribution < 1.29 is 15.1 Å². The fourth-order valence-electron chi connectivity index (χ4n) is 2.53. The fourth-order valence-corrected chi connectivity index (χ4v) is 2.53. The number of fused-ring (bicyclic) bond motifs is 1. The molecule has 0 radical (unpaired) electrons. The van der Waals surface area contributed by atoms with Gasteiger partial charge < -0.3 is 15.2 Å². The van der Waals surface area contributed by atoms with Crippen molar-refractivity contribution in [2.24, 2.45) is 5.16 Å². The van der Waals surface area contributed by atoms with Crippen molar-refractivity contribution in [1.82, 2.24) is 0 Å². The van der Waals surface area contributed by atoms with Gasteiger partial charge in [-0.3, -0.25) is 4.79 Å². The van der Waals surface area contributed by atoms with Crippen LogP contribution in [0.15, 0.2) is 29.4 Å². The molecule has 19 heavy (non-hydrogen) atoms. The Bertz CT molecular complexity index is 527. The SMILES string of the molecule is CCCN1C(=O)[C@](O)(CC(C)=NO)c2ccccc21. The standard InChI is InChI=1S/C14H18N2O3/c1-3-8-16-12-7-5-4-6-11(12)14(18,13(16)17)9-10(2)15-19/h4-7,18-19H,3,8-9H2,1-2H3/t14-/m0/s1. The number of anilines is 1. The molecule has 1 atom stereocenters. The van der Waals surface area contributed by atoms with Gasteiger partial charge >= 0.3 is 0 Å². The van der Waals surface area contributed by atoms with Gasteiger partial charge in [0.1, 0.15) is 0 Å². The Morgan fingerprint density at radius 2 is 2.11 bits per heavy atom. The van der Waals surface area contributed by atoms with Crippen LogP contribution in [0, 0.1) is 0 Å². The second-order valence-electron chi connectivity index (χ2n) is 4.85. The normalized spacial score (nSPS) is 22.8. The lowest BCUT2D eigenvalue weighted by atomic mass is 9.90. The molecule has 0 fully saturated rings. The monoisotopic (exact) mass is 262 g/mol. The minimum Gasteiger partial charge on any atom is -0.411 e. The molecular formula is C14H18N2O3. The van der Waals surface area contributed by atoms with Crippen LogP contribution in [0.2, 0.25) is 0 Å². The minimum atomic E-state index is -1.62. The van der Waals surface area contributed by atoms with E-state index in [0.29, 0.717) is 17.8 Å². The van der Waals surface area contributed by atoms with E-state index in [9.17, 15) is 9.90 Å². The number of carbonyl (C=O) groups is 1. The zero-order chi connectivity index (χ0) is 14.0. The maximum Gasteiger partial charge on any atom is 0.264 e. The van der Waals surface area contributed by atoms with Gasteiger partial charge in [-0.1, -0.05) is 30.3 Å². The van der Waals surface area contributed by atoms with Crippen molar-refractivity contribution in [3.05, 3.63) is 29.8 Å². The summed E-state index contributed by atoms with van der Waals surface area (Å²) in [7, 11) is 0. The molecule has 2 N–H and O–H groups in total. The van der Waals surface area contributed by atoms with E-state index in [0.717, 1.165) is 12.1 Å². The Kier molecular flexibility index (Phi) is 3.57. The third kappa shape index (κ3) is 2.10. The Morgan fingerprint density at radius 1 is 1.42 bits per heavy atom. The van der Waals surface area contributed by atoms with Gasteiger partial charge in [0.2, 0.25) is 0 Å². The lowest BCUT2D eigenvalue weighted by molar-refractivity contribution is -0.135. The van der Waals surface area contributed by atoms with Gasteiger partial charge in [-0.2, -0.15) is 0 Å². The second kappa shape index (κ2) is 5.01. The number of aliphatic hydroxyl groups is 1. The highest BCUT2D eigenvalue weighted by atomic mass is 16.4. The molecule has 1 aliphatic rings. The van der Waals surface area contributed by atoms with Crippen molar-refractivity contribution in [3.63, 3.8) is 0 Å². The number of oxime groups is 1. The average Bonchev–Trinajstić information content (AvgIpc) is 2.62. The average molecular weight is 262 g/mol. The fraction of sp³-hybridized carbons (Fsp3) is 0.429. The van der Waals surface area contributed by atoms with Crippen LogP contribution in [0.25, 0.3) is 0 Å². The summed E-state index contributed by atoms with van der Waals surface area (Å²) in [5.74, 6) is -0.349. The lowest BCUT2D eigenvalue weighted by Gasteiger charge is -2.22. The highest BCUT2D eigenvalue weighted by Gasteiger charge is 2.49. The van der Waals surface area contributed by atoms with Crippen molar-refractivity contribution in [2.75, 3.05) is 11.4 Å². The summed E-state index contributed by atoms with van der Waals surface area (Å²) in [6.45, 7) is 4.12. The Balaban J connectivity index is 2.48. The molecule has 2 rings (SSSR count). The van der Waals surface area contributed by atoms with Crippen LogP contribution in [0.5, 0.6) is 0 Å². The topological polar surface area (TPSA) is 73.1 Å². The zero-order valence-electron chi connectivity index (χ0n) is 11.1. The third-order valence-electron chi connectivity index (χ3n) is 3.37. The number of hydrogen-bond acceptors (Lipinski definition) is 4. The van der Waals surface area contributed by atoms with Gasteiger partial charge in [0.05, 0.1) is 11.4 Å². The molecule has 0 saturated carbocycles. The summed E-state index contributed by atoms with van der Waals surface area (Å²) in [5, 5.41) is 22.6. The summed E-state index contributed by atoms with van der Waals surface area (Å²) < 4.78 is 0. The molecule has 1 aromatic rings. The predicted octanol–water partition coefficient (Wildman–Crippen LogP) is 1.87. The van der Waals surface area contributed by atoms with Crippen molar-refractivity contribution in [3.8, 4) is 0 Å². The summed E-state index contributed by atoms with van der Waals surface area (Å²) >= 11 is 0. The maximum absolute atomic E-state index is 12.5. The smallest absolute Gasteiger partial charge is 0.264 e. The van der Waals surface area contributed by atoms with E-state index >= 15 is 0 Å². The van der Waals surface area contributed by atoms with E-state index in [2.05, 4.69) is 5.16 Å². The predicted molar refractivity (Wildman–Crippen MR) is 72.5 cm³/mol. The molecule has 5 heteroatoms. The molecule has 1 amide bonds. The van der Waals surface area contributed by atoms with Crippen LogP contribution >= 0.6 is 0 Å². The molecule has 1 heterocycles. The molecular weight excluding hydrogens is 244 g/mol. The van der Waals surface area contributed by atoms with Crippen LogP contribution in [0.3, 0.4) is 0 Å². The van der Waals surface area contributed by atoms with Gasteiger partial charge in [-0.15, -0.1) is 0 Å². The van der Waals surface area contributed by atoms with Gasteiger partial charge in [-0.25, -0.2) is 0 Å². The van der Waals surface area contributed by atoms with Crippen LogP contribution in [-0.4, -0.2) is 28.5 Å². The Morgan fingerprint density at radius 3 is 2.74 bits per heavy atom. The molecule has 0 spiro atoms. The number of amides is 1. The van der Waals surface area contributed by atoms with Gasteiger partial charge in [-0.05, 0) is 19.4 Å². The zero-order valence-corrected chi connectivity index (χ0v) is 11.1. The molecule has 0 saturated heterocycles.